The second-order valence-corrected chi connectivity index (χ2v) is 6.95. The summed E-state index contributed by atoms with van der Waals surface area (Å²) in [4.78, 5) is 26.0. The van der Waals surface area contributed by atoms with E-state index in [9.17, 15) is 9.59 Å². The van der Waals surface area contributed by atoms with Crippen molar-refractivity contribution in [3.8, 4) is 0 Å². The van der Waals surface area contributed by atoms with Gasteiger partial charge in [-0.2, -0.15) is 0 Å². The van der Waals surface area contributed by atoms with Gasteiger partial charge in [0.05, 0.1) is 6.04 Å². The Bertz CT molecular complexity index is 551. The summed E-state index contributed by atoms with van der Waals surface area (Å²) in [5, 5.41) is 2.60. The zero-order valence-electron chi connectivity index (χ0n) is 15.2. The molecule has 1 N–H and O–H groups in total. The Morgan fingerprint density at radius 2 is 1.88 bits per heavy atom. The SMILES string of the molecule is CNC(=O)CCCC(=O)N1CCCC[C@H]1c1ccc(C(C)C)cc1. The van der Waals surface area contributed by atoms with Gasteiger partial charge < -0.3 is 10.2 Å². The predicted molar refractivity (Wildman–Crippen MR) is 96.8 cm³/mol. The monoisotopic (exact) mass is 330 g/mol. The fourth-order valence-corrected chi connectivity index (χ4v) is 3.35. The van der Waals surface area contributed by atoms with Crippen molar-refractivity contribution in [2.75, 3.05) is 13.6 Å². The van der Waals surface area contributed by atoms with E-state index in [1.54, 1.807) is 7.05 Å². The number of hydrogen-bond acceptors (Lipinski definition) is 2. The van der Waals surface area contributed by atoms with E-state index in [0.29, 0.717) is 25.2 Å². The predicted octanol–water partition coefficient (Wildman–Crippen LogP) is 3.78. The van der Waals surface area contributed by atoms with E-state index in [-0.39, 0.29) is 17.9 Å². The van der Waals surface area contributed by atoms with Gasteiger partial charge in [-0.15, -0.1) is 0 Å². The molecule has 1 aliphatic heterocycles. The van der Waals surface area contributed by atoms with Gasteiger partial charge in [-0.1, -0.05) is 38.1 Å². The molecule has 4 heteroatoms. The maximum absolute atomic E-state index is 12.6. The molecule has 1 saturated heterocycles. The molecular formula is C20H30N2O2. The first-order valence-corrected chi connectivity index (χ1v) is 9.13. The van der Waals surface area contributed by atoms with Crippen LogP contribution in [0.1, 0.15) is 75.5 Å². The molecule has 0 aromatic heterocycles. The van der Waals surface area contributed by atoms with Gasteiger partial charge in [-0.3, -0.25) is 9.59 Å². The number of benzene rings is 1. The molecule has 0 spiro atoms. The van der Waals surface area contributed by atoms with Crippen molar-refractivity contribution in [1.82, 2.24) is 10.2 Å². The van der Waals surface area contributed by atoms with Crippen LogP contribution in [0.15, 0.2) is 24.3 Å². The number of carbonyl (C=O) groups is 2. The standard InChI is InChI=1S/C20H30N2O2/c1-15(2)16-10-12-17(13-11-16)18-7-4-5-14-22(18)20(24)9-6-8-19(23)21-3/h10-13,15,18H,4-9,14H2,1-3H3,(H,21,23)/t18-/m0/s1. The van der Waals surface area contributed by atoms with Crippen molar-refractivity contribution in [3.05, 3.63) is 35.4 Å². The fourth-order valence-electron chi connectivity index (χ4n) is 3.35. The third-order valence-corrected chi connectivity index (χ3v) is 4.88. The molecule has 0 saturated carbocycles. The third kappa shape index (κ3) is 4.83. The van der Waals surface area contributed by atoms with Crippen LogP contribution >= 0.6 is 0 Å². The van der Waals surface area contributed by atoms with Crippen LogP contribution in [0, 0.1) is 0 Å². The van der Waals surface area contributed by atoms with Gasteiger partial charge in [0.15, 0.2) is 0 Å². The van der Waals surface area contributed by atoms with Gasteiger partial charge in [-0.25, -0.2) is 0 Å². The second kappa shape index (κ2) is 8.86. The van der Waals surface area contributed by atoms with Crippen LogP contribution in [-0.4, -0.2) is 30.3 Å². The highest BCUT2D eigenvalue weighted by Crippen LogP contribution is 2.32. The smallest absolute Gasteiger partial charge is 0.223 e. The normalized spacial score (nSPS) is 17.8. The fraction of sp³-hybridized carbons (Fsp3) is 0.600. The highest BCUT2D eigenvalue weighted by molar-refractivity contribution is 5.79. The minimum Gasteiger partial charge on any atom is -0.359 e. The number of rotatable bonds is 6. The van der Waals surface area contributed by atoms with Gasteiger partial charge in [0, 0.05) is 26.4 Å². The van der Waals surface area contributed by atoms with E-state index < -0.39 is 0 Å². The van der Waals surface area contributed by atoms with Crippen LogP contribution in [0.4, 0.5) is 0 Å². The molecule has 0 aliphatic carbocycles. The first-order valence-electron chi connectivity index (χ1n) is 9.13. The summed E-state index contributed by atoms with van der Waals surface area (Å²) in [7, 11) is 1.63. The molecule has 1 aromatic rings. The van der Waals surface area contributed by atoms with E-state index in [2.05, 4.69) is 43.4 Å². The lowest BCUT2D eigenvalue weighted by atomic mass is 9.92. The first kappa shape index (κ1) is 18.5. The van der Waals surface area contributed by atoms with E-state index >= 15 is 0 Å². The van der Waals surface area contributed by atoms with Crippen LogP contribution in [0.2, 0.25) is 0 Å². The molecule has 24 heavy (non-hydrogen) atoms. The molecule has 1 fully saturated rings. The van der Waals surface area contributed by atoms with Crippen LogP contribution in [0.5, 0.6) is 0 Å². The van der Waals surface area contributed by atoms with E-state index in [4.69, 9.17) is 0 Å². The number of hydrogen-bond donors (Lipinski definition) is 1. The molecule has 1 aliphatic rings. The Morgan fingerprint density at radius 3 is 2.50 bits per heavy atom. The highest BCUT2D eigenvalue weighted by Gasteiger charge is 2.27. The van der Waals surface area contributed by atoms with Gasteiger partial charge in [0.1, 0.15) is 0 Å². The molecule has 1 aromatic carbocycles. The summed E-state index contributed by atoms with van der Waals surface area (Å²) in [6.07, 6.45) is 4.76. The zero-order valence-corrected chi connectivity index (χ0v) is 15.2. The van der Waals surface area contributed by atoms with Gasteiger partial charge in [0.25, 0.3) is 0 Å². The van der Waals surface area contributed by atoms with Crippen molar-refractivity contribution in [2.24, 2.45) is 0 Å². The minimum absolute atomic E-state index is 0.00210. The zero-order chi connectivity index (χ0) is 17.5. The third-order valence-electron chi connectivity index (χ3n) is 4.88. The lowest BCUT2D eigenvalue weighted by Crippen LogP contribution is -2.38. The van der Waals surface area contributed by atoms with Crippen molar-refractivity contribution in [3.63, 3.8) is 0 Å². The van der Waals surface area contributed by atoms with E-state index in [1.165, 1.54) is 17.5 Å². The molecule has 132 valence electrons. The molecule has 1 heterocycles. The lowest BCUT2D eigenvalue weighted by molar-refractivity contribution is -0.135. The molecule has 2 rings (SSSR count). The van der Waals surface area contributed by atoms with E-state index in [0.717, 1.165) is 19.4 Å². The molecular weight excluding hydrogens is 300 g/mol. The maximum Gasteiger partial charge on any atom is 0.223 e. The summed E-state index contributed by atoms with van der Waals surface area (Å²) in [5.74, 6) is 0.701. The van der Waals surface area contributed by atoms with Gasteiger partial charge >= 0.3 is 0 Å². The number of likely N-dealkylation sites (tertiary alicyclic amines) is 1. The largest absolute Gasteiger partial charge is 0.359 e. The topological polar surface area (TPSA) is 49.4 Å². The Morgan fingerprint density at radius 1 is 1.17 bits per heavy atom. The summed E-state index contributed by atoms with van der Waals surface area (Å²) >= 11 is 0. The van der Waals surface area contributed by atoms with Crippen LogP contribution < -0.4 is 5.32 Å². The number of nitrogens with one attached hydrogen (secondary N) is 1. The summed E-state index contributed by atoms with van der Waals surface area (Å²) in [6.45, 7) is 5.21. The van der Waals surface area contributed by atoms with Crippen LogP contribution in [-0.2, 0) is 9.59 Å². The number of piperidine rings is 1. The molecule has 0 radical (unpaired) electrons. The quantitative estimate of drug-likeness (QED) is 0.863. The molecule has 2 amide bonds. The number of nitrogens with zero attached hydrogens (tertiary/aromatic N) is 1. The summed E-state index contributed by atoms with van der Waals surface area (Å²) in [5.41, 5.74) is 2.57. The van der Waals surface area contributed by atoms with Crippen molar-refractivity contribution in [1.29, 1.82) is 0 Å². The average molecular weight is 330 g/mol. The number of amides is 2. The Balaban J connectivity index is 2.01. The lowest BCUT2D eigenvalue weighted by Gasteiger charge is -2.36. The Labute approximate surface area is 145 Å². The molecule has 1 atom stereocenters. The van der Waals surface area contributed by atoms with Crippen molar-refractivity contribution in [2.45, 2.75) is 64.3 Å². The van der Waals surface area contributed by atoms with Crippen LogP contribution in [0.3, 0.4) is 0 Å². The second-order valence-electron chi connectivity index (χ2n) is 6.95. The number of carbonyl (C=O) groups excluding carboxylic acids is 2. The molecule has 4 nitrogen and oxygen atoms in total. The van der Waals surface area contributed by atoms with E-state index in [1.807, 2.05) is 4.90 Å². The first-order chi connectivity index (χ1) is 11.5. The highest BCUT2D eigenvalue weighted by atomic mass is 16.2. The Hall–Kier alpha value is -1.84. The average Bonchev–Trinajstić information content (AvgIpc) is 2.61. The summed E-state index contributed by atoms with van der Waals surface area (Å²) < 4.78 is 0. The van der Waals surface area contributed by atoms with Gasteiger partial charge in [-0.05, 0) is 42.7 Å². The Kier molecular flexibility index (Phi) is 6.83. The minimum atomic E-state index is 0.00210. The van der Waals surface area contributed by atoms with Gasteiger partial charge in [0.2, 0.25) is 11.8 Å². The molecule has 0 unspecified atom stereocenters. The van der Waals surface area contributed by atoms with Crippen molar-refractivity contribution < 1.29 is 9.59 Å². The van der Waals surface area contributed by atoms with Crippen LogP contribution in [0.25, 0.3) is 0 Å². The summed E-state index contributed by atoms with van der Waals surface area (Å²) in [6, 6.07) is 8.91. The maximum atomic E-state index is 12.6. The van der Waals surface area contributed by atoms with Crippen molar-refractivity contribution >= 4 is 11.8 Å². The molecule has 0 bridgehead atoms.